The number of carboxylic acids is 1. The van der Waals surface area contributed by atoms with Crippen LogP contribution in [0.25, 0.3) is 0 Å². The summed E-state index contributed by atoms with van der Waals surface area (Å²) in [4.78, 5) is 10.1. The first-order valence-corrected chi connectivity index (χ1v) is 7.99. The van der Waals surface area contributed by atoms with Crippen LogP contribution in [0.2, 0.25) is 0 Å². The maximum atomic E-state index is 13.7. The Morgan fingerprint density at radius 3 is 2.45 bits per heavy atom. The predicted octanol–water partition coefficient (Wildman–Crippen LogP) is 3.23. The molecule has 0 aliphatic carbocycles. The van der Waals surface area contributed by atoms with Crippen molar-refractivity contribution in [2.45, 2.75) is 4.90 Å². The van der Waals surface area contributed by atoms with Gasteiger partial charge in [0.1, 0.15) is 16.5 Å². The SMILES string of the molecule is O=C(O)c1cccc(NS(=O)(=O)c2c(F)cc(F)cc2Br)c1. The standard InChI is InChI=1S/C13H8BrF2NO4S/c14-10-5-8(15)6-11(16)12(10)22(20,21)17-9-3-1-2-7(4-9)13(18)19/h1-6,17H,(H,18,19). The van der Waals surface area contributed by atoms with Crippen LogP contribution in [-0.4, -0.2) is 19.5 Å². The molecule has 0 atom stereocenters. The van der Waals surface area contributed by atoms with Gasteiger partial charge in [0.15, 0.2) is 0 Å². The average Bonchev–Trinajstić information content (AvgIpc) is 2.36. The summed E-state index contributed by atoms with van der Waals surface area (Å²) in [5.74, 6) is -3.44. The third-order valence-electron chi connectivity index (χ3n) is 2.59. The zero-order valence-corrected chi connectivity index (χ0v) is 13.1. The summed E-state index contributed by atoms with van der Waals surface area (Å²) in [6, 6.07) is 6.23. The lowest BCUT2D eigenvalue weighted by atomic mass is 10.2. The summed E-state index contributed by atoms with van der Waals surface area (Å²) in [5.41, 5.74) is -0.200. The van der Waals surface area contributed by atoms with Crippen LogP contribution in [-0.2, 0) is 10.0 Å². The van der Waals surface area contributed by atoms with Gasteiger partial charge >= 0.3 is 5.97 Å². The summed E-state index contributed by atoms with van der Waals surface area (Å²) < 4.78 is 52.9. The van der Waals surface area contributed by atoms with Crippen molar-refractivity contribution in [3.63, 3.8) is 0 Å². The van der Waals surface area contributed by atoms with Crippen LogP contribution < -0.4 is 4.72 Å². The number of hydrogen-bond acceptors (Lipinski definition) is 3. The molecule has 0 bridgehead atoms. The second kappa shape index (κ2) is 6.01. The summed E-state index contributed by atoms with van der Waals surface area (Å²) >= 11 is 2.79. The minimum atomic E-state index is -4.37. The van der Waals surface area contributed by atoms with E-state index in [-0.39, 0.29) is 15.7 Å². The van der Waals surface area contributed by atoms with Crippen molar-refractivity contribution >= 4 is 37.6 Å². The van der Waals surface area contributed by atoms with Gasteiger partial charge in [-0.1, -0.05) is 6.07 Å². The van der Waals surface area contributed by atoms with Crippen molar-refractivity contribution < 1.29 is 27.1 Å². The van der Waals surface area contributed by atoms with Gasteiger partial charge < -0.3 is 5.11 Å². The molecule has 0 aromatic heterocycles. The van der Waals surface area contributed by atoms with E-state index in [1.807, 2.05) is 4.72 Å². The van der Waals surface area contributed by atoms with Crippen LogP contribution >= 0.6 is 15.9 Å². The molecule has 2 aromatic rings. The smallest absolute Gasteiger partial charge is 0.335 e. The van der Waals surface area contributed by atoms with E-state index in [2.05, 4.69) is 15.9 Å². The predicted molar refractivity (Wildman–Crippen MR) is 78.3 cm³/mol. The molecular weight excluding hydrogens is 384 g/mol. The first-order chi connectivity index (χ1) is 10.2. The normalized spacial score (nSPS) is 11.2. The van der Waals surface area contributed by atoms with Gasteiger partial charge in [0, 0.05) is 16.2 Å². The Bertz CT molecular complexity index is 832. The third kappa shape index (κ3) is 3.42. The van der Waals surface area contributed by atoms with Gasteiger partial charge in [0.2, 0.25) is 0 Å². The van der Waals surface area contributed by atoms with Crippen molar-refractivity contribution in [2.75, 3.05) is 4.72 Å². The van der Waals surface area contributed by atoms with Gasteiger partial charge in [-0.25, -0.2) is 22.0 Å². The number of rotatable bonds is 4. The van der Waals surface area contributed by atoms with E-state index in [1.54, 1.807) is 0 Å². The molecule has 0 saturated heterocycles. The summed E-state index contributed by atoms with van der Waals surface area (Å²) in [6.07, 6.45) is 0. The molecule has 0 spiro atoms. The minimum absolute atomic E-state index is 0.0597. The Balaban J connectivity index is 2.45. The molecular formula is C13H8BrF2NO4S. The summed E-state index contributed by atoms with van der Waals surface area (Å²) in [5, 5.41) is 8.86. The largest absolute Gasteiger partial charge is 0.478 e. The molecule has 0 saturated carbocycles. The maximum Gasteiger partial charge on any atom is 0.335 e. The molecule has 5 nitrogen and oxygen atoms in total. The van der Waals surface area contributed by atoms with Crippen LogP contribution in [0, 0.1) is 11.6 Å². The number of carbonyl (C=O) groups is 1. The zero-order chi connectivity index (χ0) is 16.5. The second-order valence-electron chi connectivity index (χ2n) is 4.19. The van der Waals surface area contributed by atoms with Gasteiger partial charge in [-0.2, -0.15) is 0 Å². The molecule has 9 heteroatoms. The molecule has 0 aliphatic rings. The lowest BCUT2D eigenvalue weighted by molar-refractivity contribution is 0.0697. The highest BCUT2D eigenvalue weighted by Crippen LogP contribution is 2.28. The topological polar surface area (TPSA) is 83.5 Å². The van der Waals surface area contributed by atoms with E-state index in [9.17, 15) is 22.0 Å². The van der Waals surface area contributed by atoms with E-state index in [0.29, 0.717) is 6.07 Å². The first kappa shape index (κ1) is 16.4. The molecule has 0 fully saturated rings. The first-order valence-electron chi connectivity index (χ1n) is 5.71. The van der Waals surface area contributed by atoms with Crippen LogP contribution in [0.1, 0.15) is 10.4 Å². The van der Waals surface area contributed by atoms with Crippen LogP contribution in [0.3, 0.4) is 0 Å². The summed E-state index contributed by atoms with van der Waals surface area (Å²) in [7, 11) is -4.37. The van der Waals surface area contributed by atoms with Crippen LogP contribution in [0.4, 0.5) is 14.5 Å². The fourth-order valence-corrected chi connectivity index (χ4v) is 3.93. The Morgan fingerprint density at radius 2 is 1.86 bits per heavy atom. The molecule has 22 heavy (non-hydrogen) atoms. The Hall–Kier alpha value is -2.00. The fraction of sp³-hybridized carbons (Fsp3) is 0. The Kier molecular flexibility index (Phi) is 4.47. The van der Waals surface area contributed by atoms with E-state index in [4.69, 9.17) is 5.11 Å². The third-order valence-corrected chi connectivity index (χ3v) is 4.94. The molecule has 2 N–H and O–H groups in total. The molecule has 2 aromatic carbocycles. The number of halogens is 3. The number of aromatic carboxylic acids is 1. The molecule has 116 valence electrons. The number of benzene rings is 2. The lowest BCUT2D eigenvalue weighted by Gasteiger charge is -2.11. The number of nitrogens with one attached hydrogen (secondary N) is 1. The maximum absolute atomic E-state index is 13.7. The van der Waals surface area contributed by atoms with E-state index in [0.717, 1.165) is 12.1 Å². The molecule has 0 amide bonds. The van der Waals surface area contributed by atoms with Gasteiger partial charge in [0.25, 0.3) is 10.0 Å². The van der Waals surface area contributed by atoms with Crippen molar-refractivity contribution in [1.29, 1.82) is 0 Å². The Morgan fingerprint density at radius 1 is 1.18 bits per heavy atom. The monoisotopic (exact) mass is 391 g/mol. The van der Waals surface area contributed by atoms with E-state index in [1.165, 1.54) is 18.2 Å². The number of anilines is 1. The zero-order valence-electron chi connectivity index (χ0n) is 10.7. The number of carboxylic acid groups (broad SMARTS) is 1. The minimum Gasteiger partial charge on any atom is -0.478 e. The van der Waals surface area contributed by atoms with Crippen molar-refractivity contribution in [3.8, 4) is 0 Å². The van der Waals surface area contributed by atoms with Crippen LogP contribution in [0.5, 0.6) is 0 Å². The lowest BCUT2D eigenvalue weighted by Crippen LogP contribution is -2.16. The highest BCUT2D eigenvalue weighted by atomic mass is 79.9. The fourth-order valence-electron chi connectivity index (χ4n) is 1.71. The Labute approximate surface area is 132 Å². The van der Waals surface area contributed by atoms with Crippen molar-refractivity contribution in [3.05, 3.63) is 58.1 Å². The van der Waals surface area contributed by atoms with Crippen LogP contribution in [0.15, 0.2) is 45.8 Å². The van der Waals surface area contributed by atoms with Crippen molar-refractivity contribution in [2.24, 2.45) is 0 Å². The molecule has 0 heterocycles. The van der Waals surface area contributed by atoms with Gasteiger partial charge in [-0.05, 0) is 40.2 Å². The summed E-state index contributed by atoms with van der Waals surface area (Å²) in [6.45, 7) is 0. The number of hydrogen-bond donors (Lipinski definition) is 2. The highest BCUT2D eigenvalue weighted by molar-refractivity contribution is 9.10. The van der Waals surface area contributed by atoms with Gasteiger partial charge in [-0.15, -0.1) is 0 Å². The number of sulfonamides is 1. The molecule has 0 radical (unpaired) electrons. The quantitative estimate of drug-likeness (QED) is 0.837. The van der Waals surface area contributed by atoms with Crippen molar-refractivity contribution in [1.82, 2.24) is 0 Å². The molecule has 0 aliphatic heterocycles. The second-order valence-corrected chi connectivity index (χ2v) is 6.66. The van der Waals surface area contributed by atoms with E-state index >= 15 is 0 Å². The average molecular weight is 392 g/mol. The van der Waals surface area contributed by atoms with Gasteiger partial charge in [-0.3, -0.25) is 4.72 Å². The highest BCUT2D eigenvalue weighted by Gasteiger charge is 2.24. The molecule has 2 rings (SSSR count). The van der Waals surface area contributed by atoms with Gasteiger partial charge in [0.05, 0.1) is 5.56 Å². The molecule has 0 unspecified atom stereocenters. The van der Waals surface area contributed by atoms with E-state index < -0.39 is 32.5 Å².